The molecule has 2 heterocycles. The van der Waals surface area contributed by atoms with Crippen LogP contribution in [0.4, 0.5) is 15.9 Å². The lowest BCUT2D eigenvalue weighted by atomic mass is 10.1. The average molecular weight is 288 g/mol. The van der Waals surface area contributed by atoms with E-state index in [2.05, 4.69) is 14.9 Å². The number of nitrogen functional groups attached to an aromatic ring is 1. The van der Waals surface area contributed by atoms with Crippen LogP contribution < -0.4 is 10.6 Å². The fourth-order valence-electron chi connectivity index (χ4n) is 2.44. The third-order valence-corrected chi connectivity index (χ3v) is 3.45. The van der Waals surface area contributed by atoms with Crippen molar-refractivity contribution in [1.82, 2.24) is 9.97 Å². The number of rotatable bonds is 2. The minimum atomic E-state index is -0.309. The number of benzene rings is 1. The summed E-state index contributed by atoms with van der Waals surface area (Å²) in [5.41, 5.74) is 7.95. The van der Waals surface area contributed by atoms with Gasteiger partial charge in [0.1, 0.15) is 17.3 Å². The summed E-state index contributed by atoms with van der Waals surface area (Å²) in [6, 6.07) is 6.28. The van der Waals surface area contributed by atoms with Crippen molar-refractivity contribution in [2.45, 2.75) is 6.92 Å². The maximum Gasteiger partial charge on any atom is 0.156 e. The second kappa shape index (κ2) is 5.65. The average Bonchev–Trinajstić information content (AvgIpc) is 2.50. The van der Waals surface area contributed by atoms with Gasteiger partial charge in [-0.2, -0.15) is 0 Å². The van der Waals surface area contributed by atoms with Crippen molar-refractivity contribution in [2.24, 2.45) is 0 Å². The zero-order valence-corrected chi connectivity index (χ0v) is 11.8. The molecule has 0 unspecified atom stereocenters. The topological polar surface area (TPSA) is 64.3 Å². The monoisotopic (exact) mass is 288 g/mol. The molecular formula is C15H17FN4O. The molecule has 3 rings (SSSR count). The van der Waals surface area contributed by atoms with Crippen LogP contribution in [0.2, 0.25) is 0 Å². The Labute approximate surface area is 122 Å². The van der Waals surface area contributed by atoms with Crippen LogP contribution in [0.15, 0.2) is 24.3 Å². The molecule has 1 fully saturated rings. The van der Waals surface area contributed by atoms with Crippen LogP contribution in [0.25, 0.3) is 11.3 Å². The molecule has 1 saturated heterocycles. The predicted molar refractivity (Wildman–Crippen MR) is 79.6 cm³/mol. The van der Waals surface area contributed by atoms with Gasteiger partial charge >= 0.3 is 0 Å². The van der Waals surface area contributed by atoms with Crippen molar-refractivity contribution in [3.8, 4) is 11.3 Å². The maximum atomic E-state index is 13.4. The van der Waals surface area contributed by atoms with Crippen molar-refractivity contribution in [2.75, 3.05) is 36.9 Å². The Morgan fingerprint density at radius 1 is 1.24 bits per heavy atom. The van der Waals surface area contributed by atoms with E-state index in [-0.39, 0.29) is 5.82 Å². The van der Waals surface area contributed by atoms with Gasteiger partial charge < -0.3 is 15.4 Å². The molecule has 0 amide bonds. The third kappa shape index (κ3) is 2.80. The molecule has 2 N–H and O–H groups in total. The fraction of sp³-hybridized carbons (Fsp3) is 0.333. The van der Waals surface area contributed by atoms with Crippen LogP contribution in [-0.2, 0) is 4.74 Å². The summed E-state index contributed by atoms with van der Waals surface area (Å²) in [5.74, 6) is 1.01. The van der Waals surface area contributed by atoms with Crippen LogP contribution in [0.1, 0.15) is 5.82 Å². The molecule has 5 nitrogen and oxygen atoms in total. The Kier molecular flexibility index (Phi) is 3.70. The van der Waals surface area contributed by atoms with Gasteiger partial charge in [0, 0.05) is 18.7 Å². The highest BCUT2D eigenvalue weighted by Gasteiger charge is 2.19. The van der Waals surface area contributed by atoms with E-state index in [1.807, 2.05) is 6.92 Å². The van der Waals surface area contributed by atoms with E-state index in [1.165, 1.54) is 12.1 Å². The second-order valence-corrected chi connectivity index (χ2v) is 4.97. The van der Waals surface area contributed by atoms with Crippen molar-refractivity contribution in [3.63, 3.8) is 0 Å². The fourth-order valence-corrected chi connectivity index (χ4v) is 2.44. The van der Waals surface area contributed by atoms with Crippen LogP contribution >= 0.6 is 0 Å². The predicted octanol–water partition coefficient (Wildman–Crippen LogP) is 2.01. The van der Waals surface area contributed by atoms with Crippen molar-refractivity contribution in [1.29, 1.82) is 0 Å². The number of ether oxygens (including phenoxy) is 1. The molecule has 0 atom stereocenters. The largest absolute Gasteiger partial charge is 0.394 e. The summed E-state index contributed by atoms with van der Waals surface area (Å²) in [4.78, 5) is 10.9. The zero-order chi connectivity index (χ0) is 14.8. The van der Waals surface area contributed by atoms with Gasteiger partial charge in [0.05, 0.1) is 18.9 Å². The van der Waals surface area contributed by atoms with Crippen LogP contribution in [-0.4, -0.2) is 36.3 Å². The quantitative estimate of drug-likeness (QED) is 0.915. The second-order valence-electron chi connectivity index (χ2n) is 4.97. The van der Waals surface area contributed by atoms with Crippen molar-refractivity contribution >= 4 is 11.5 Å². The summed E-state index contributed by atoms with van der Waals surface area (Å²) < 4.78 is 18.8. The minimum Gasteiger partial charge on any atom is -0.394 e. The van der Waals surface area contributed by atoms with Crippen LogP contribution in [0.3, 0.4) is 0 Å². The molecule has 21 heavy (non-hydrogen) atoms. The smallest absolute Gasteiger partial charge is 0.156 e. The van der Waals surface area contributed by atoms with Gasteiger partial charge in [-0.3, -0.25) is 0 Å². The van der Waals surface area contributed by atoms with E-state index < -0.39 is 0 Å². The Bertz CT molecular complexity index is 656. The Morgan fingerprint density at radius 2 is 2.00 bits per heavy atom. The van der Waals surface area contributed by atoms with Crippen molar-refractivity contribution < 1.29 is 9.13 Å². The molecule has 1 aromatic carbocycles. The number of nitrogens with zero attached hydrogens (tertiary/aromatic N) is 3. The molecular weight excluding hydrogens is 271 g/mol. The van der Waals surface area contributed by atoms with Gasteiger partial charge in [-0.1, -0.05) is 12.1 Å². The molecule has 1 aromatic heterocycles. The Balaban J connectivity index is 2.07. The maximum absolute atomic E-state index is 13.4. The standard InChI is InChI=1S/C15H17FN4O/c1-10-18-14(11-3-2-4-12(16)9-11)13(17)15(19-10)20-5-7-21-8-6-20/h2-4,9H,5-8,17H2,1H3. The normalized spacial score (nSPS) is 15.2. The van der Waals surface area contributed by atoms with Gasteiger partial charge in [-0.05, 0) is 19.1 Å². The summed E-state index contributed by atoms with van der Waals surface area (Å²) in [7, 11) is 0. The first-order chi connectivity index (χ1) is 10.1. The van der Waals surface area contributed by atoms with Gasteiger partial charge in [-0.25, -0.2) is 14.4 Å². The number of morpholine rings is 1. The van der Waals surface area contributed by atoms with E-state index in [4.69, 9.17) is 10.5 Å². The van der Waals surface area contributed by atoms with E-state index in [0.29, 0.717) is 41.8 Å². The Hall–Kier alpha value is -2.21. The van der Waals surface area contributed by atoms with Gasteiger partial charge in [0.15, 0.2) is 5.82 Å². The highest BCUT2D eigenvalue weighted by atomic mass is 19.1. The summed E-state index contributed by atoms with van der Waals surface area (Å²) in [6.07, 6.45) is 0. The molecule has 1 aliphatic heterocycles. The number of anilines is 2. The first-order valence-corrected chi connectivity index (χ1v) is 6.88. The number of nitrogens with two attached hydrogens (primary N) is 1. The number of hydrogen-bond donors (Lipinski definition) is 1. The van der Waals surface area contributed by atoms with E-state index in [0.717, 1.165) is 13.1 Å². The molecule has 2 aromatic rings. The number of aromatic nitrogens is 2. The van der Waals surface area contributed by atoms with Gasteiger partial charge in [-0.15, -0.1) is 0 Å². The molecule has 1 aliphatic rings. The van der Waals surface area contributed by atoms with E-state index in [1.54, 1.807) is 12.1 Å². The molecule has 0 spiro atoms. The summed E-state index contributed by atoms with van der Waals surface area (Å²) in [6.45, 7) is 4.59. The molecule has 110 valence electrons. The summed E-state index contributed by atoms with van der Waals surface area (Å²) >= 11 is 0. The molecule has 6 heteroatoms. The van der Waals surface area contributed by atoms with Crippen LogP contribution in [0, 0.1) is 12.7 Å². The first kappa shape index (κ1) is 13.8. The highest BCUT2D eigenvalue weighted by molar-refractivity contribution is 5.81. The number of halogens is 1. The van der Waals surface area contributed by atoms with Crippen molar-refractivity contribution in [3.05, 3.63) is 35.9 Å². The van der Waals surface area contributed by atoms with Crippen LogP contribution in [0.5, 0.6) is 0 Å². The number of hydrogen-bond acceptors (Lipinski definition) is 5. The molecule has 0 aliphatic carbocycles. The van der Waals surface area contributed by atoms with E-state index in [9.17, 15) is 4.39 Å². The lowest BCUT2D eigenvalue weighted by Gasteiger charge is -2.29. The number of aryl methyl sites for hydroxylation is 1. The van der Waals surface area contributed by atoms with Gasteiger partial charge in [0.2, 0.25) is 0 Å². The first-order valence-electron chi connectivity index (χ1n) is 6.88. The van der Waals surface area contributed by atoms with E-state index >= 15 is 0 Å². The van der Waals surface area contributed by atoms with Gasteiger partial charge in [0.25, 0.3) is 0 Å². The third-order valence-electron chi connectivity index (χ3n) is 3.45. The lowest BCUT2D eigenvalue weighted by molar-refractivity contribution is 0.122. The SMILES string of the molecule is Cc1nc(-c2cccc(F)c2)c(N)c(N2CCOCC2)n1. The summed E-state index contributed by atoms with van der Waals surface area (Å²) in [5, 5.41) is 0. The molecule has 0 saturated carbocycles. The minimum absolute atomic E-state index is 0.309. The lowest BCUT2D eigenvalue weighted by Crippen LogP contribution is -2.37. The zero-order valence-electron chi connectivity index (χ0n) is 11.8. The molecule has 0 bridgehead atoms. The highest BCUT2D eigenvalue weighted by Crippen LogP contribution is 2.31. The Morgan fingerprint density at radius 3 is 2.71 bits per heavy atom. The molecule has 0 radical (unpaired) electrons.